The summed E-state index contributed by atoms with van der Waals surface area (Å²) in [6, 6.07) is 38.2. The predicted octanol–water partition coefficient (Wildman–Crippen LogP) is 8.53. The van der Waals surface area contributed by atoms with Gasteiger partial charge < -0.3 is 4.57 Å². The van der Waals surface area contributed by atoms with Gasteiger partial charge in [0.1, 0.15) is 0 Å². The molecule has 0 amide bonds. The maximum absolute atomic E-state index is 15.6. The van der Waals surface area contributed by atoms with Gasteiger partial charge in [0, 0.05) is 11.7 Å². The van der Waals surface area contributed by atoms with Crippen molar-refractivity contribution in [2.75, 3.05) is 0 Å². The van der Waals surface area contributed by atoms with E-state index in [1.54, 1.807) is 6.08 Å². The molecule has 44 heavy (non-hydrogen) atoms. The summed E-state index contributed by atoms with van der Waals surface area (Å²) in [4.78, 5) is 0. The van der Waals surface area contributed by atoms with Crippen molar-refractivity contribution in [3.8, 4) is 11.8 Å². The molecule has 0 heterocycles. The van der Waals surface area contributed by atoms with Crippen molar-refractivity contribution in [3.63, 3.8) is 0 Å². The zero-order valence-electron chi connectivity index (χ0n) is 25.2. The lowest BCUT2D eigenvalue weighted by Gasteiger charge is -2.30. The van der Waals surface area contributed by atoms with Crippen LogP contribution in [-0.2, 0) is 11.0 Å². The van der Waals surface area contributed by atoms with Crippen LogP contribution in [0.4, 0.5) is 0 Å². The molecule has 0 bridgehead atoms. The second-order valence-corrected chi connectivity index (χ2v) is 17.0. The first kappa shape index (κ1) is 31.1. The van der Waals surface area contributed by atoms with Crippen LogP contribution < -0.4 is 21.2 Å². The lowest BCUT2D eigenvalue weighted by Crippen LogP contribution is -2.28. The minimum atomic E-state index is -3.20. The summed E-state index contributed by atoms with van der Waals surface area (Å²) in [5.41, 5.74) is 1.81. The molecule has 0 N–H and O–H groups in total. The Hall–Kier alpha value is -4.33. The van der Waals surface area contributed by atoms with Crippen LogP contribution in [0.5, 0.6) is 0 Å². The van der Waals surface area contributed by atoms with Crippen LogP contribution in [0.15, 0.2) is 170 Å². The van der Waals surface area contributed by atoms with Gasteiger partial charge >= 0.3 is 0 Å². The van der Waals surface area contributed by atoms with E-state index in [0.29, 0.717) is 12.8 Å². The lowest BCUT2D eigenvalue weighted by atomic mass is 10.1. The highest BCUT2D eigenvalue weighted by molar-refractivity contribution is 7.93. The maximum Gasteiger partial charge on any atom is 0.157 e. The van der Waals surface area contributed by atoms with Gasteiger partial charge in [-0.05, 0) is 52.6 Å². The highest BCUT2D eigenvalue weighted by atomic mass is 31.2. The summed E-state index contributed by atoms with van der Waals surface area (Å²) in [7, 11) is -3.20. The van der Waals surface area contributed by atoms with Gasteiger partial charge in [0.25, 0.3) is 0 Å². The lowest BCUT2D eigenvalue weighted by molar-refractivity contribution is 0.584. The molecule has 218 valence electrons. The Balaban J connectivity index is 1.69. The summed E-state index contributed by atoms with van der Waals surface area (Å²) in [5, 5.41) is 5.37. The van der Waals surface area contributed by atoms with Gasteiger partial charge in [-0.3, -0.25) is 0 Å². The molecule has 0 saturated heterocycles. The molecule has 4 aromatic rings. The van der Waals surface area contributed by atoms with Gasteiger partial charge in [-0.1, -0.05) is 183 Å². The van der Waals surface area contributed by atoms with Gasteiger partial charge in [-0.25, -0.2) is 0 Å². The van der Waals surface area contributed by atoms with Gasteiger partial charge in [-0.2, -0.15) is 0 Å². The highest BCUT2D eigenvalue weighted by Gasteiger charge is 2.36. The molecular weight excluding hydrogens is 570 g/mol. The Morgan fingerprint density at radius 3 is 2.00 bits per heavy atom. The predicted molar refractivity (Wildman–Crippen MR) is 196 cm³/mol. The summed E-state index contributed by atoms with van der Waals surface area (Å²) >= 11 is 0. The third-order valence-corrected chi connectivity index (χ3v) is 15.1. The minimum Gasteiger partial charge on any atom is -0.312 e. The third kappa shape index (κ3) is 6.44. The second-order valence-electron chi connectivity index (χ2n) is 10.8. The van der Waals surface area contributed by atoms with E-state index in [-0.39, 0.29) is 0 Å². The molecular formula is C41H38OP2. The zero-order valence-corrected chi connectivity index (χ0v) is 27.0. The molecule has 0 fully saturated rings. The van der Waals surface area contributed by atoms with Crippen LogP contribution in [0.2, 0.25) is 0 Å². The Labute approximate surface area is 263 Å². The normalized spacial score (nSPS) is 17.1. The van der Waals surface area contributed by atoms with E-state index in [2.05, 4.69) is 109 Å². The first-order valence-corrected chi connectivity index (χ1v) is 18.6. The molecule has 1 aliphatic carbocycles. The molecule has 5 rings (SSSR count). The molecule has 0 aliphatic heterocycles. The number of rotatable bonds is 10. The molecule has 0 spiro atoms. The fourth-order valence-corrected chi connectivity index (χ4v) is 11.9. The van der Waals surface area contributed by atoms with E-state index in [4.69, 9.17) is 6.30 Å². The number of allylic oxidation sites excluding steroid dienone is 9. The first-order chi connectivity index (χ1) is 21.5. The topological polar surface area (TPSA) is 17.1 Å². The number of hydrogen-bond donors (Lipinski definition) is 0. The monoisotopic (exact) mass is 608 g/mol. The molecule has 3 heteroatoms. The van der Waals surface area contributed by atoms with E-state index in [1.165, 1.54) is 21.5 Å². The Bertz CT molecular complexity index is 1850. The fraction of sp³-hybridized carbons (Fsp3) is 0.0976. The number of benzene rings is 4. The van der Waals surface area contributed by atoms with Crippen molar-refractivity contribution in [2.45, 2.75) is 25.4 Å². The van der Waals surface area contributed by atoms with Crippen LogP contribution in [0.25, 0.3) is 0 Å². The smallest absolute Gasteiger partial charge is 0.157 e. The average molecular weight is 609 g/mol. The summed E-state index contributed by atoms with van der Waals surface area (Å²) in [5.74, 6) is 6.60. The van der Waals surface area contributed by atoms with Crippen LogP contribution in [0.3, 0.4) is 0 Å². The van der Waals surface area contributed by atoms with Crippen LogP contribution in [-0.4, -0.2) is 12.0 Å². The molecule has 2 atom stereocenters. The first-order valence-electron chi connectivity index (χ1n) is 14.9. The molecule has 4 aromatic carbocycles. The molecule has 1 nitrogen and oxygen atoms in total. The Morgan fingerprint density at radius 2 is 1.36 bits per heavy atom. The zero-order chi connectivity index (χ0) is 30.8. The van der Waals surface area contributed by atoms with E-state index in [1.807, 2.05) is 67.7 Å². The molecule has 0 aromatic heterocycles. The number of hydrogen-bond acceptors (Lipinski definition) is 1. The fourth-order valence-electron chi connectivity index (χ4n) is 5.76. The van der Waals surface area contributed by atoms with Crippen molar-refractivity contribution < 1.29 is 4.57 Å². The Kier molecular flexibility index (Phi) is 10.2. The van der Waals surface area contributed by atoms with Crippen molar-refractivity contribution in [1.82, 2.24) is 0 Å². The van der Waals surface area contributed by atoms with Gasteiger partial charge in [-0.15, -0.1) is 0 Å². The third-order valence-electron chi connectivity index (χ3n) is 8.04. The highest BCUT2D eigenvalue weighted by Crippen LogP contribution is 2.58. The van der Waals surface area contributed by atoms with Crippen molar-refractivity contribution in [2.24, 2.45) is 0 Å². The Morgan fingerprint density at radius 1 is 0.795 bits per heavy atom. The van der Waals surface area contributed by atoms with Crippen LogP contribution >= 0.6 is 14.0 Å². The molecule has 2 unspecified atom stereocenters. The van der Waals surface area contributed by atoms with E-state index >= 15 is 4.57 Å². The van der Waals surface area contributed by atoms with E-state index < -0.39 is 19.7 Å². The van der Waals surface area contributed by atoms with Gasteiger partial charge in [0.05, 0.1) is 5.66 Å². The maximum atomic E-state index is 15.6. The van der Waals surface area contributed by atoms with E-state index in [9.17, 15) is 0 Å². The van der Waals surface area contributed by atoms with Gasteiger partial charge in [0.15, 0.2) is 7.14 Å². The minimum absolute atomic E-state index is 0.426. The van der Waals surface area contributed by atoms with E-state index in [0.717, 1.165) is 16.2 Å². The molecule has 1 aliphatic rings. The van der Waals surface area contributed by atoms with Crippen molar-refractivity contribution in [1.29, 1.82) is 0 Å². The standard InChI is InChI=1S/C41H38OP2/c1-4-5-11-22-34(2)44(42,39-29-12-7-6-8-13-30-39)41-32-21-19-24-36(41)33-35-23-18-20-31-40(35)43(3,37-25-14-9-15-26-37)38-27-16-10-17-28-38/h4-7,9-12,14-29,31-32,39H,1,3,8,33H2,2H3/b7-6-,11-5-,29-12?,34-22+. The second kappa shape index (κ2) is 14.4. The summed E-state index contributed by atoms with van der Waals surface area (Å²) in [6.45, 7) is 3.55. The average Bonchev–Trinajstić information content (AvgIpc) is 3.05. The SMILES string of the molecule is C=C/C=C\C=C(/C)P(=O)(c1ccccc1Cc1ccccc1P(=C)(c1ccccc1)c1ccccc1)C1C#CC/C=C\C=C1. The largest absolute Gasteiger partial charge is 0.312 e. The molecule has 0 saturated carbocycles. The summed E-state index contributed by atoms with van der Waals surface area (Å²) in [6.07, 6.45) is 21.8. The van der Waals surface area contributed by atoms with Crippen LogP contribution in [0.1, 0.15) is 24.5 Å². The quantitative estimate of drug-likeness (QED) is 0.100. The van der Waals surface area contributed by atoms with Gasteiger partial charge in [0.2, 0.25) is 0 Å². The summed E-state index contributed by atoms with van der Waals surface area (Å²) < 4.78 is 15.6. The molecule has 0 radical (unpaired) electrons. The van der Waals surface area contributed by atoms with Crippen LogP contribution in [0, 0.1) is 11.8 Å². The van der Waals surface area contributed by atoms with Crippen molar-refractivity contribution in [3.05, 3.63) is 181 Å². The van der Waals surface area contributed by atoms with Crippen molar-refractivity contribution >= 4 is 41.5 Å².